The highest BCUT2D eigenvalue weighted by Crippen LogP contribution is 2.13. The molecule has 1 aliphatic heterocycles. The van der Waals surface area contributed by atoms with E-state index in [-0.39, 0.29) is 0 Å². The van der Waals surface area contributed by atoms with Crippen LogP contribution in [-0.4, -0.2) is 42.5 Å². The number of rotatable bonds is 5. The summed E-state index contributed by atoms with van der Waals surface area (Å²) in [4.78, 5) is 6.57. The van der Waals surface area contributed by atoms with Crippen LogP contribution in [0.3, 0.4) is 0 Å². The van der Waals surface area contributed by atoms with Crippen molar-refractivity contribution in [2.75, 3.05) is 32.7 Å². The van der Waals surface area contributed by atoms with Crippen molar-refractivity contribution in [2.24, 2.45) is 0 Å². The molecule has 1 fully saturated rings. The molecule has 0 N–H and O–H groups in total. The Hall–Kier alpha value is -1.42. The standard InChI is InChI=1S/C18H22N2S/c1-2-6-17(7-3-1)8-4-10-19-11-13-20(14-12-19)16-18-9-5-15-21-18/h1-9,15H,10-14,16H2/b8-4+. The largest absolute Gasteiger partial charge is 0.297 e. The van der Waals surface area contributed by atoms with Crippen LogP contribution in [-0.2, 0) is 6.54 Å². The van der Waals surface area contributed by atoms with Gasteiger partial charge in [0.2, 0.25) is 0 Å². The van der Waals surface area contributed by atoms with Crippen LogP contribution in [0.15, 0.2) is 53.9 Å². The van der Waals surface area contributed by atoms with E-state index in [9.17, 15) is 0 Å². The maximum absolute atomic E-state index is 2.56. The first kappa shape index (κ1) is 14.5. The summed E-state index contributed by atoms with van der Waals surface area (Å²) in [6, 6.07) is 14.9. The van der Waals surface area contributed by atoms with Gasteiger partial charge in [0.05, 0.1) is 0 Å². The Morgan fingerprint density at radius 3 is 2.38 bits per heavy atom. The van der Waals surface area contributed by atoms with Gasteiger partial charge in [-0.1, -0.05) is 48.6 Å². The number of piperazine rings is 1. The van der Waals surface area contributed by atoms with Crippen molar-refractivity contribution in [3.8, 4) is 0 Å². The molecule has 0 saturated carbocycles. The van der Waals surface area contributed by atoms with Crippen LogP contribution in [0.4, 0.5) is 0 Å². The fourth-order valence-corrected chi connectivity index (χ4v) is 3.40. The molecule has 2 nitrogen and oxygen atoms in total. The minimum atomic E-state index is 1.06. The van der Waals surface area contributed by atoms with E-state index in [0.717, 1.165) is 13.1 Å². The van der Waals surface area contributed by atoms with E-state index < -0.39 is 0 Å². The van der Waals surface area contributed by atoms with Crippen molar-refractivity contribution in [2.45, 2.75) is 6.54 Å². The molecular weight excluding hydrogens is 276 g/mol. The number of nitrogens with zero attached hydrogens (tertiary/aromatic N) is 2. The molecule has 21 heavy (non-hydrogen) atoms. The molecular formula is C18H22N2S. The predicted octanol–water partition coefficient (Wildman–Crippen LogP) is 3.58. The van der Waals surface area contributed by atoms with Gasteiger partial charge in [-0.15, -0.1) is 11.3 Å². The molecule has 0 bridgehead atoms. The number of hydrogen-bond donors (Lipinski definition) is 0. The second kappa shape index (κ2) is 7.55. The Bertz CT molecular complexity index is 540. The van der Waals surface area contributed by atoms with Gasteiger partial charge in [-0.2, -0.15) is 0 Å². The highest BCUT2D eigenvalue weighted by Gasteiger charge is 2.15. The van der Waals surface area contributed by atoms with Crippen LogP contribution in [0.5, 0.6) is 0 Å². The third-order valence-electron chi connectivity index (χ3n) is 3.90. The zero-order valence-electron chi connectivity index (χ0n) is 12.3. The van der Waals surface area contributed by atoms with E-state index in [1.165, 1.54) is 36.6 Å². The summed E-state index contributed by atoms with van der Waals surface area (Å²) in [7, 11) is 0. The van der Waals surface area contributed by atoms with Crippen LogP contribution in [0.25, 0.3) is 6.08 Å². The van der Waals surface area contributed by atoms with Crippen LogP contribution >= 0.6 is 11.3 Å². The molecule has 110 valence electrons. The molecule has 1 aromatic heterocycles. The molecule has 0 radical (unpaired) electrons. The summed E-state index contributed by atoms with van der Waals surface area (Å²) in [5.74, 6) is 0. The maximum Gasteiger partial charge on any atom is 0.0328 e. The first-order valence-corrected chi connectivity index (χ1v) is 8.47. The van der Waals surface area contributed by atoms with E-state index in [1.54, 1.807) is 0 Å². The predicted molar refractivity (Wildman–Crippen MR) is 91.5 cm³/mol. The summed E-state index contributed by atoms with van der Waals surface area (Å²) in [6.07, 6.45) is 4.50. The highest BCUT2D eigenvalue weighted by molar-refractivity contribution is 7.09. The van der Waals surface area contributed by atoms with Crippen molar-refractivity contribution in [1.82, 2.24) is 9.80 Å². The number of hydrogen-bond acceptors (Lipinski definition) is 3. The van der Waals surface area contributed by atoms with Crippen molar-refractivity contribution < 1.29 is 0 Å². The Balaban J connectivity index is 1.40. The van der Waals surface area contributed by atoms with E-state index in [2.05, 4.69) is 69.8 Å². The average molecular weight is 298 g/mol. The molecule has 0 aliphatic carbocycles. The van der Waals surface area contributed by atoms with Crippen LogP contribution < -0.4 is 0 Å². The Labute approximate surface area is 131 Å². The minimum Gasteiger partial charge on any atom is -0.297 e. The van der Waals surface area contributed by atoms with Gasteiger partial charge in [0.15, 0.2) is 0 Å². The highest BCUT2D eigenvalue weighted by atomic mass is 32.1. The second-order valence-corrected chi connectivity index (χ2v) is 6.50. The zero-order valence-corrected chi connectivity index (χ0v) is 13.1. The third kappa shape index (κ3) is 4.53. The van der Waals surface area contributed by atoms with Gasteiger partial charge in [-0.3, -0.25) is 9.80 Å². The molecule has 0 amide bonds. The molecule has 2 heterocycles. The van der Waals surface area contributed by atoms with Crippen LogP contribution in [0, 0.1) is 0 Å². The summed E-state index contributed by atoms with van der Waals surface area (Å²) in [6.45, 7) is 6.87. The molecule has 0 unspecified atom stereocenters. The van der Waals surface area contributed by atoms with Gasteiger partial charge in [-0.05, 0) is 17.0 Å². The summed E-state index contributed by atoms with van der Waals surface area (Å²) in [5.41, 5.74) is 1.29. The first-order chi connectivity index (χ1) is 10.4. The Morgan fingerprint density at radius 2 is 1.67 bits per heavy atom. The number of thiophene rings is 1. The van der Waals surface area contributed by atoms with Crippen molar-refractivity contribution >= 4 is 17.4 Å². The third-order valence-corrected chi connectivity index (χ3v) is 4.76. The van der Waals surface area contributed by atoms with Gasteiger partial charge in [0.1, 0.15) is 0 Å². The van der Waals surface area contributed by atoms with Crippen molar-refractivity contribution in [3.63, 3.8) is 0 Å². The number of benzene rings is 1. The molecule has 3 heteroatoms. The smallest absolute Gasteiger partial charge is 0.0328 e. The monoisotopic (exact) mass is 298 g/mol. The van der Waals surface area contributed by atoms with Crippen LogP contribution in [0.1, 0.15) is 10.4 Å². The molecule has 1 aromatic carbocycles. The second-order valence-electron chi connectivity index (χ2n) is 5.47. The van der Waals surface area contributed by atoms with Gasteiger partial charge in [-0.25, -0.2) is 0 Å². The lowest BCUT2D eigenvalue weighted by Gasteiger charge is -2.33. The van der Waals surface area contributed by atoms with Gasteiger partial charge in [0.25, 0.3) is 0 Å². The van der Waals surface area contributed by atoms with Crippen molar-refractivity contribution in [1.29, 1.82) is 0 Å². The van der Waals surface area contributed by atoms with E-state index in [4.69, 9.17) is 0 Å². The average Bonchev–Trinajstić information content (AvgIpc) is 3.03. The Kier molecular flexibility index (Phi) is 5.22. The first-order valence-electron chi connectivity index (χ1n) is 7.59. The normalized spacial score (nSPS) is 17.5. The van der Waals surface area contributed by atoms with Crippen LogP contribution in [0.2, 0.25) is 0 Å². The molecule has 0 spiro atoms. The van der Waals surface area contributed by atoms with Crippen molar-refractivity contribution in [3.05, 3.63) is 64.4 Å². The lowest BCUT2D eigenvalue weighted by Crippen LogP contribution is -2.45. The minimum absolute atomic E-state index is 1.06. The molecule has 0 atom stereocenters. The quantitative estimate of drug-likeness (QED) is 0.832. The summed E-state index contributed by atoms with van der Waals surface area (Å²) in [5, 5.41) is 2.17. The summed E-state index contributed by atoms with van der Waals surface area (Å²) >= 11 is 1.86. The summed E-state index contributed by atoms with van der Waals surface area (Å²) < 4.78 is 0. The Morgan fingerprint density at radius 1 is 0.905 bits per heavy atom. The molecule has 1 aliphatic rings. The maximum atomic E-state index is 2.56. The molecule has 3 rings (SSSR count). The topological polar surface area (TPSA) is 6.48 Å². The van der Waals surface area contributed by atoms with E-state index >= 15 is 0 Å². The SMILES string of the molecule is C(=C\c1ccccc1)/CN1CCN(Cc2cccs2)CC1. The zero-order chi connectivity index (χ0) is 14.3. The van der Waals surface area contributed by atoms with E-state index in [1.807, 2.05) is 11.3 Å². The van der Waals surface area contributed by atoms with Gasteiger partial charge >= 0.3 is 0 Å². The lowest BCUT2D eigenvalue weighted by molar-refractivity contribution is 0.138. The molecule has 1 saturated heterocycles. The lowest BCUT2D eigenvalue weighted by atomic mass is 10.2. The molecule has 2 aromatic rings. The van der Waals surface area contributed by atoms with Gasteiger partial charge in [0, 0.05) is 44.1 Å². The fraction of sp³-hybridized carbons (Fsp3) is 0.333. The fourth-order valence-electron chi connectivity index (χ4n) is 2.65. The van der Waals surface area contributed by atoms with E-state index in [0.29, 0.717) is 0 Å². The van der Waals surface area contributed by atoms with Gasteiger partial charge < -0.3 is 0 Å².